The molecule has 6 heteroatoms. The van der Waals surface area contributed by atoms with Gasteiger partial charge in [0.2, 0.25) is 0 Å². The zero-order valence-corrected chi connectivity index (χ0v) is 13.6. The van der Waals surface area contributed by atoms with Crippen LogP contribution < -0.4 is 5.32 Å². The lowest BCUT2D eigenvalue weighted by Gasteiger charge is -2.28. The summed E-state index contributed by atoms with van der Waals surface area (Å²) in [6, 6.07) is 0.103. The third kappa shape index (κ3) is 5.53. The van der Waals surface area contributed by atoms with E-state index in [0.717, 1.165) is 19.5 Å². The van der Waals surface area contributed by atoms with E-state index in [9.17, 15) is 9.59 Å². The number of carbonyl (C=O) groups excluding carboxylic acids is 1. The average molecular weight is 299 g/mol. The van der Waals surface area contributed by atoms with Crippen molar-refractivity contribution in [3.63, 3.8) is 0 Å². The number of carboxylic acid groups (broad SMARTS) is 1. The van der Waals surface area contributed by atoms with Crippen LogP contribution in [0.15, 0.2) is 0 Å². The number of urea groups is 1. The lowest BCUT2D eigenvalue weighted by atomic mass is 10.1. The number of likely N-dealkylation sites (tertiary alicyclic amines) is 1. The van der Waals surface area contributed by atoms with Crippen molar-refractivity contribution < 1.29 is 14.7 Å². The third-order valence-electron chi connectivity index (χ3n) is 4.19. The summed E-state index contributed by atoms with van der Waals surface area (Å²) in [6.07, 6.45) is 1.08. The van der Waals surface area contributed by atoms with Crippen molar-refractivity contribution in [2.45, 2.75) is 52.6 Å². The molecule has 2 atom stereocenters. The van der Waals surface area contributed by atoms with Crippen LogP contribution in [0.25, 0.3) is 0 Å². The molecule has 1 fully saturated rings. The Balaban J connectivity index is 2.39. The number of nitrogens with zero attached hydrogens (tertiary/aromatic N) is 2. The van der Waals surface area contributed by atoms with Crippen LogP contribution in [0.2, 0.25) is 0 Å². The summed E-state index contributed by atoms with van der Waals surface area (Å²) < 4.78 is 0. The zero-order chi connectivity index (χ0) is 16.0. The van der Waals surface area contributed by atoms with Gasteiger partial charge in [0.05, 0.1) is 6.42 Å². The highest BCUT2D eigenvalue weighted by Crippen LogP contribution is 2.17. The van der Waals surface area contributed by atoms with Crippen LogP contribution >= 0.6 is 0 Å². The van der Waals surface area contributed by atoms with Crippen LogP contribution in [0.1, 0.15) is 40.5 Å². The standard InChI is InChI=1S/C15H29N3O3/c1-5-18(12(4)8-14(19)20)15(21)16-9-13-6-7-17(10-13)11(2)3/h11-13H,5-10H2,1-4H3,(H,16,21)(H,19,20). The molecule has 0 radical (unpaired) electrons. The van der Waals surface area contributed by atoms with Crippen LogP contribution in [0, 0.1) is 5.92 Å². The van der Waals surface area contributed by atoms with Gasteiger partial charge in [-0.2, -0.15) is 0 Å². The predicted octanol–water partition coefficient (Wildman–Crippen LogP) is 1.61. The molecule has 0 aromatic rings. The normalized spacial score (nSPS) is 20.5. The van der Waals surface area contributed by atoms with E-state index in [1.807, 2.05) is 6.92 Å². The van der Waals surface area contributed by atoms with Gasteiger partial charge in [-0.25, -0.2) is 4.79 Å². The minimum Gasteiger partial charge on any atom is -0.481 e. The summed E-state index contributed by atoms with van der Waals surface area (Å²) in [4.78, 5) is 26.9. The first-order valence-corrected chi connectivity index (χ1v) is 7.85. The van der Waals surface area contributed by atoms with Gasteiger partial charge in [-0.15, -0.1) is 0 Å². The maximum Gasteiger partial charge on any atom is 0.317 e. The molecule has 1 aliphatic heterocycles. The minimum atomic E-state index is -0.878. The van der Waals surface area contributed by atoms with E-state index in [0.29, 0.717) is 25.0 Å². The Morgan fingerprint density at radius 3 is 2.52 bits per heavy atom. The Kier molecular flexibility index (Phi) is 6.95. The van der Waals surface area contributed by atoms with E-state index < -0.39 is 5.97 Å². The molecule has 0 aromatic carbocycles. The van der Waals surface area contributed by atoms with E-state index in [-0.39, 0.29) is 18.5 Å². The number of hydrogen-bond donors (Lipinski definition) is 2. The predicted molar refractivity (Wildman–Crippen MR) is 82.3 cm³/mol. The number of nitrogens with one attached hydrogen (secondary N) is 1. The second-order valence-electron chi connectivity index (χ2n) is 6.16. The summed E-state index contributed by atoms with van der Waals surface area (Å²) >= 11 is 0. The number of carbonyl (C=O) groups is 2. The van der Waals surface area contributed by atoms with Crippen LogP contribution in [-0.2, 0) is 4.79 Å². The highest BCUT2D eigenvalue weighted by atomic mass is 16.4. The molecule has 0 saturated carbocycles. The lowest BCUT2D eigenvalue weighted by Crippen LogP contribution is -2.47. The number of aliphatic carboxylic acids is 1. The minimum absolute atomic E-state index is 0.0220. The molecule has 1 rings (SSSR count). The number of amides is 2. The molecule has 1 heterocycles. The van der Waals surface area contributed by atoms with Gasteiger partial charge in [-0.3, -0.25) is 4.79 Å². The van der Waals surface area contributed by atoms with Gasteiger partial charge < -0.3 is 20.2 Å². The van der Waals surface area contributed by atoms with Crippen molar-refractivity contribution in [1.82, 2.24) is 15.1 Å². The molecular weight excluding hydrogens is 270 g/mol. The van der Waals surface area contributed by atoms with Crippen molar-refractivity contribution in [1.29, 1.82) is 0 Å². The van der Waals surface area contributed by atoms with Gasteiger partial charge >= 0.3 is 12.0 Å². The van der Waals surface area contributed by atoms with Crippen LogP contribution in [0.3, 0.4) is 0 Å². The van der Waals surface area contributed by atoms with E-state index >= 15 is 0 Å². The lowest BCUT2D eigenvalue weighted by molar-refractivity contribution is -0.138. The van der Waals surface area contributed by atoms with Gasteiger partial charge in [-0.05, 0) is 46.6 Å². The maximum absolute atomic E-state index is 12.2. The molecule has 1 aliphatic rings. The second kappa shape index (κ2) is 8.22. The Morgan fingerprint density at radius 1 is 1.38 bits per heavy atom. The SMILES string of the molecule is CCN(C(=O)NCC1CCN(C(C)C)C1)C(C)CC(=O)O. The van der Waals surface area contributed by atoms with E-state index in [4.69, 9.17) is 5.11 Å². The number of hydrogen-bond acceptors (Lipinski definition) is 3. The van der Waals surface area contributed by atoms with Crippen molar-refractivity contribution in [3.8, 4) is 0 Å². The average Bonchev–Trinajstić information content (AvgIpc) is 2.85. The van der Waals surface area contributed by atoms with Gasteiger partial charge in [0.15, 0.2) is 0 Å². The summed E-state index contributed by atoms with van der Waals surface area (Å²) in [7, 11) is 0. The van der Waals surface area contributed by atoms with Gasteiger partial charge in [0, 0.05) is 31.7 Å². The fourth-order valence-corrected chi connectivity index (χ4v) is 2.85. The van der Waals surface area contributed by atoms with E-state index in [2.05, 4.69) is 24.1 Å². The molecule has 0 aromatic heterocycles. The van der Waals surface area contributed by atoms with Crippen molar-refractivity contribution in [2.24, 2.45) is 5.92 Å². The first kappa shape index (κ1) is 17.8. The van der Waals surface area contributed by atoms with Crippen molar-refractivity contribution in [2.75, 3.05) is 26.2 Å². The summed E-state index contributed by atoms with van der Waals surface area (Å²) in [5.41, 5.74) is 0. The maximum atomic E-state index is 12.2. The van der Waals surface area contributed by atoms with Crippen molar-refractivity contribution in [3.05, 3.63) is 0 Å². The molecule has 21 heavy (non-hydrogen) atoms. The first-order chi connectivity index (χ1) is 9.85. The van der Waals surface area contributed by atoms with Gasteiger partial charge in [0.25, 0.3) is 0 Å². The number of rotatable bonds is 7. The molecule has 0 bridgehead atoms. The smallest absolute Gasteiger partial charge is 0.317 e. The van der Waals surface area contributed by atoms with E-state index in [1.54, 1.807) is 11.8 Å². The second-order valence-corrected chi connectivity index (χ2v) is 6.16. The fraction of sp³-hybridized carbons (Fsp3) is 0.867. The highest BCUT2D eigenvalue weighted by Gasteiger charge is 2.26. The Hall–Kier alpha value is -1.30. The number of carboxylic acids is 1. The molecular formula is C15H29N3O3. The molecule has 2 amide bonds. The summed E-state index contributed by atoms with van der Waals surface area (Å²) in [5, 5.41) is 11.8. The molecule has 0 spiro atoms. The van der Waals surface area contributed by atoms with Gasteiger partial charge in [0.1, 0.15) is 0 Å². The van der Waals surface area contributed by atoms with E-state index in [1.165, 1.54) is 0 Å². The quantitative estimate of drug-likeness (QED) is 0.749. The highest BCUT2D eigenvalue weighted by molar-refractivity contribution is 5.75. The van der Waals surface area contributed by atoms with Crippen LogP contribution in [-0.4, -0.2) is 65.2 Å². The molecule has 2 unspecified atom stereocenters. The molecule has 2 N–H and O–H groups in total. The first-order valence-electron chi connectivity index (χ1n) is 7.85. The van der Waals surface area contributed by atoms with Crippen molar-refractivity contribution >= 4 is 12.0 Å². The summed E-state index contributed by atoms with van der Waals surface area (Å²) in [5.74, 6) is -0.387. The Labute approximate surface area is 127 Å². The summed E-state index contributed by atoms with van der Waals surface area (Å²) in [6.45, 7) is 11.3. The largest absolute Gasteiger partial charge is 0.481 e. The topological polar surface area (TPSA) is 72.9 Å². The molecule has 0 aliphatic carbocycles. The van der Waals surface area contributed by atoms with Gasteiger partial charge in [-0.1, -0.05) is 0 Å². The Morgan fingerprint density at radius 2 is 2.05 bits per heavy atom. The zero-order valence-electron chi connectivity index (χ0n) is 13.6. The molecule has 1 saturated heterocycles. The molecule has 122 valence electrons. The molecule has 6 nitrogen and oxygen atoms in total. The fourth-order valence-electron chi connectivity index (χ4n) is 2.85. The van der Waals surface area contributed by atoms with Crippen LogP contribution in [0.5, 0.6) is 0 Å². The van der Waals surface area contributed by atoms with Crippen LogP contribution in [0.4, 0.5) is 4.79 Å². The third-order valence-corrected chi connectivity index (χ3v) is 4.19. The monoisotopic (exact) mass is 299 g/mol. The Bertz CT molecular complexity index is 360.